The molecule has 0 spiro atoms. The highest BCUT2D eigenvalue weighted by molar-refractivity contribution is 7.92. The molecule has 9 heteroatoms. The first kappa shape index (κ1) is 15.5. The van der Waals surface area contributed by atoms with Crippen molar-refractivity contribution in [2.45, 2.75) is 32.2 Å². The van der Waals surface area contributed by atoms with Gasteiger partial charge in [-0.05, 0) is 20.4 Å². The van der Waals surface area contributed by atoms with Crippen LogP contribution in [0.1, 0.15) is 18.3 Å². The van der Waals surface area contributed by atoms with Crippen LogP contribution in [0.2, 0.25) is 0 Å². The van der Waals surface area contributed by atoms with Gasteiger partial charge in [-0.1, -0.05) is 6.92 Å². The third-order valence-corrected chi connectivity index (χ3v) is 4.36. The Morgan fingerprint density at radius 1 is 1.38 bits per heavy atom. The smallest absolute Gasteiger partial charge is 0.265 e. The number of hydrogen-bond acceptors (Lipinski definition) is 5. The molecule has 0 aliphatic carbocycles. The van der Waals surface area contributed by atoms with Gasteiger partial charge in [0.05, 0.1) is 29.8 Å². The molecule has 2 aromatic heterocycles. The molecule has 0 unspecified atom stereocenters. The van der Waals surface area contributed by atoms with Crippen molar-refractivity contribution in [2.24, 2.45) is 0 Å². The van der Waals surface area contributed by atoms with Gasteiger partial charge in [0.2, 0.25) is 0 Å². The van der Waals surface area contributed by atoms with E-state index in [-0.39, 0.29) is 4.90 Å². The summed E-state index contributed by atoms with van der Waals surface area (Å²) in [4.78, 5) is 0.138. The fourth-order valence-electron chi connectivity index (χ4n) is 1.87. The standard InChI is InChI=1S/C12H20N6O2S/c1-4-13-5-6-18-8-11(7-14-18)21(19,20)17-12-9(2)15-16-10(12)3/h7-8,13,17H,4-6H2,1-3H3,(H,15,16). The van der Waals surface area contributed by atoms with E-state index in [4.69, 9.17) is 0 Å². The number of likely N-dealkylation sites (N-methyl/N-ethyl adjacent to an activating group) is 1. The molecule has 0 saturated carbocycles. The van der Waals surface area contributed by atoms with Crippen LogP contribution in [0.25, 0.3) is 0 Å². The van der Waals surface area contributed by atoms with Crippen LogP contribution >= 0.6 is 0 Å². The number of aromatic amines is 1. The maximum absolute atomic E-state index is 12.3. The molecule has 0 amide bonds. The van der Waals surface area contributed by atoms with E-state index < -0.39 is 10.0 Å². The van der Waals surface area contributed by atoms with E-state index in [9.17, 15) is 8.42 Å². The van der Waals surface area contributed by atoms with Gasteiger partial charge in [0.25, 0.3) is 10.0 Å². The summed E-state index contributed by atoms with van der Waals surface area (Å²) in [6, 6.07) is 0. The molecule has 2 aromatic rings. The van der Waals surface area contributed by atoms with Crippen molar-refractivity contribution in [3.63, 3.8) is 0 Å². The Labute approximate surface area is 124 Å². The summed E-state index contributed by atoms with van der Waals surface area (Å²) < 4.78 is 28.8. The van der Waals surface area contributed by atoms with Crippen LogP contribution < -0.4 is 10.0 Å². The van der Waals surface area contributed by atoms with Crippen LogP contribution in [0.4, 0.5) is 5.69 Å². The molecule has 3 N–H and O–H groups in total. The molecule has 2 rings (SSSR count). The van der Waals surface area contributed by atoms with Gasteiger partial charge >= 0.3 is 0 Å². The molecule has 0 radical (unpaired) electrons. The quantitative estimate of drug-likeness (QED) is 0.651. The van der Waals surface area contributed by atoms with Crippen molar-refractivity contribution < 1.29 is 8.42 Å². The predicted octanol–water partition coefficient (Wildman–Crippen LogP) is 0.633. The number of H-pyrrole nitrogens is 1. The molecule has 21 heavy (non-hydrogen) atoms. The van der Waals surface area contributed by atoms with E-state index in [0.29, 0.717) is 23.6 Å². The molecular formula is C12H20N6O2S. The van der Waals surface area contributed by atoms with Crippen molar-refractivity contribution in [1.29, 1.82) is 0 Å². The Morgan fingerprint density at radius 3 is 2.76 bits per heavy atom. The predicted molar refractivity (Wildman–Crippen MR) is 79.6 cm³/mol. The molecule has 0 bridgehead atoms. The zero-order valence-electron chi connectivity index (χ0n) is 12.3. The third kappa shape index (κ3) is 3.61. The van der Waals surface area contributed by atoms with Crippen molar-refractivity contribution in [2.75, 3.05) is 17.8 Å². The molecule has 0 aliphatic heterocycles. The van der Waals surface area contributed by atoms with Gasteiger partial charge in [-0.3, -0.25) is 14.5 Å². The second-order valence-electron chi connectivity index (χ2n) is 4.71. The van der Waals surface area contributed by atoms with Crippen LogP contribution in [0.15, 0.2) is 17.3 Å². The topological polar surface area (TPSA) is 105 Å². The molecule has 0 fully saturated rings. The molecular weight excluding hydrogens is 292 g/mol. The summed E-state index contributed by atoms with van der Waals surface area (Å²) in [6.45, 7) is 7.74. The zero-order valence-corrected chi connectivity index (χ0v) is 13.2. The van der Waals surface area contributed by atoms with Crippen LogP contribution in [0.3, 0.4) is 0 Å². The zero-order chi connectivity index (χ0) is 15.5. The van der Waals surface area contributed by atoms with Crippen molar-refractivity contribution in [3.05, 3.63) is 23.8 Å². The fourth-order valence-corrected chi connectivity index (χ4v) is 3.00. The highest BCUT2D eigenvalue weighted by Gasteiger charge is 2.19. The second-order valence-corrected chi connectivity index (χ2v) is 6.39. The van der Waals surface area contributed by atoms with Gasteiger partial charge in [-0.25, -0.2) is 8.42 Å². The van der Waals surface area contributed by atoms with Crippen molar-refractivity contribution in [3.8, 4) is 0 Å². The van der Waals surface area contributed by atoms with E-state index in [1.807, 2.05) is 6.92 Å². The van der Waals surface area contributed by atoms with Gasteiger partial charge in [-0.15, -0.1) is 0 Å². The number of sulfonamides is 1. The Bertz CT molecular complexity index is 684. The first-order valence-corrected chi connectivity index (χ1v) is 8.20. The minimum absolute atomic E-state index is 0.138. The lowest BCUT2D eigenvalue weighted by Crippen LogP contribution is -2.19. The number of nitrogens with one attached hydrogen (secondary N) is 3. The molecule has 0 atom stereocenters. The van der Waals surface area contributed by atoms with Crippen LogP contribution in [0, 0.1) is 13.8 Å². The fraction of sp³-hybridized carbons (Fsp3) is 0.500. The summed E-state index contributed by atoms with van der Waals surface area (Å²) >= 11 is 0. The highest BCUT2D eigenvalue weighted by Crippen LogP contribution is 2.20. The first-order chi connectivity index (χ1) is 9.94. The first-order valence-electron chi connectivity index (χ1n) is 6.71. The molecule has 0 aromatic carbocycles. The van der Waals surface area contributed by atoms with Gasteiger partial charge in [0, 0.05) is 12.7 Å². The number of aromatic nitrogens is 4. The summed E-state index contributed by atoms with van der Waals surface area (Å²) in [7, 11) is -3.65. The lowest BCUT2D eigenvalue weighted by Gasteiger charge is -2.06. The maximum atomic E-state index is 12.3. The number of nitrogens with zero attached hydrogens (tertiary/aromatic N) is 3. The summed E-state index contributed by atoms with van der Waals surface area (Å²) in [5, 5.41) is 13.9. The second kappa shape index (κ2) is 6.27. The molecule has 2 heterocycles. The van der Waals surface area contributed by atoms with E-state index >= 15 is 0 Å². The minimum atomic E-state index is -3.65. The number of hydrogen-bond donors (Lipinski definition) is 3. The van der Waals surface area contributed by atoms with E-state index in [1.54, 1.807) is 18.5 Å². The Kier molecular flexibility index (Phi) is 4.63. The SMILES string of the molecule is CCNCCn1cc(S(=O)(=O)Nc2c(C)n[nH]c2C)cn1. The average Bonchev–Trinajstić information content (AvgIpc) is 3.02. The van der Waals surface area contributed by atoms with E-state index in [2.05, 4.69) is 25.3 Å². The van der Waals surface area contributed by atoms with E-state index in [0.717, 1.165) is 13.1 Å². The van der Waals surface area contributed by atoms with Crippen LogP contribution in [0.5, 0.6) is 0 Å². The van der Waals surface area contributed by atoms with Crippen LogP contribution in [-0.4, -0.2) is 41.5 Å². The van der Waals surface area contributed by atoms with Gasteiger partial charge < -0.3 is 5.32 Å². The van der Waals surface area contributed by atoms with Gasteiger partial charge in [0.1, 0.15) is 4.90 Å². The summed E-state index contributed by atoms with van der Waals surface area (Å²) in [6.07, 6.45) is 2.86. The lowest BCUT2D eigenvalue weighted by molar-refractivity contribution is 0.564. The Morgan fingerprint density at radius 2 is 2.14 bits per heavy atom. The van der Waals surface area contributed by atoms with Gasteiger partial charge in [0.15, 0.2) is 0 Å². The Hall–Kier alpha value is -1.87. The largest absolute Gasteiger partial charge is 0.315 e. The minimum Gasteiger partial charge on any atom is -0.315 e. The van der Waals surface area contributed by atoms with Crippen molar-refractivity contribution >= 4 is 15.7 Å². The summed E-state index contributed by atoms with van der Waals surface area (Å²) in [5.41, 5.74) is 1.77. The monoisotopic (exact) mass is 312 g/mol. The number of aryl methyl sites for hydroxylation is 2. The van der Waals surface area contributed by atoms with Crippen molar-refractivity contribution in [1.82, 2.24) is 25.3 Å². The average molecular weight is 312 g/mol. The van der Waals surface area contributed by atoms with Crippen LogP contribution in [-0.2, 0) is 16.6 Å². The lowest BCUT2D eigenvalue weighted by atomic mass is 10.3. The number of rotatable bonds is 7. The van der Waals surface area contributed by atoms with E-state index in [1.165, 1.54) is 12.4 Å². The normalized spacial score (nSPS) is 11.8. The molecule has 8 nitrogen and oxygen atoms in total. The van der Waals surface area contributed by atoms with Gasteiger partial charge in [-0.2, -0.15) is 10.2 Å². The summed E-state index contributed by atoms with van der Waals surface area (Å²) in [5.74, 6) is 0. The molecule has 0 aliphatic rings. The Balaban J connectivity index is 2.13. The molecule has 0 saturated heterocycles. The third-order valence-electron chi connectivity index (χ3n) is 3.05. The highest BCUT2D eigenvalue weighted by atomic mass is 32.2. The molecule has 116 valence electrons. The number of anilines is 1. The maximum Gasteiger partial charge on any atom is 0.265 e.